The number of para-hydroxylation sites is 1. The third-order valence-electron chi connectivity index (χ3n) is 6.01. The Morgan fingerprint density at radius 3 is 2.94 bits per heavy atom. The maximum atomic E-state index is 13.4. The summed E-state index contributed by atoms with van der Waals surface area (Å²) >= 11 is 0. The maximum Gasteiger partial charge on any atom is 0.258 e. The Bertz CT molecular complexity index is 1350. The minimum Gasteiger partial charge on any atom is -0.497 e. The standard InChI is InChI=1S/C25H25N3O5/c1-31-17-8-9-19-16(15-33-22(19)12-17)11-24(29)28(13-18-5-4-10-32-18)14-23-26-21-7-3-2-6-20(21)25(30)27-23/h2-3,6-9,12,15,18H,4-5,10-11,13-14H2,1H3,(H,26,27,30)/t18-/m1/s1. The van der Waals surface area contributed by atoms with Crippen LogP contribution in [0.3, 0.4) is 0 Å². The molecule has 1 saturated heterocycles. The Morgan fingerprint density at radius 1 is 1.24 bits per heavy atom. The number of ether oxygens (including phenoxy) is 2. The summed E-state index contributed by atoms with van der Waals surface area (Å²) in [6.07, 6.45) is 3.64. The lowest BCUT2D eigenvalue weighted by Gasteiger charge is -2.25. The third-order valence-corrected chi connectivity index (χ3v) is 6.01. The molecule has 33 heavy (non-hydrogen) atoms. The van der Waals surface area contributed by atoms with E-state index in [1.807, 2.05) is 18.2 Å². The monoisotopic (exact) mass is 447 g/mol. The number of hydrogen-bond donors (Lipinski definition) is 1. The number of methoxy groups -OCH3 is 1. The Balaban J connectivity index is 1.41. The van der Waals surface area contributed by atoms with Gasteiger partial charge in [0.1, 0.15) is 17.2 Å². The van der Waals surface area contributed by atoms with E-state index in [1.165, 1.54) is 0 Å². The largest absolute Gasteiger partial charge is 0.497 e. The predicted molar refractivity (Wildman–Crippen MR) is 123 cm³/mol. The molecule has 1 amide bonds. The van der Waals surface area contributed by atoms with Gasteiger partial charge in [-0.1, -0.05) is 12.1 Å². The van der Waals surface area contributed by atoms with E-state index in [0.717, 1.165) is 23.8 Å². The van der Waals surface area contributed by atoms with Crippen molar-refractivity contribution in [2.75, 3.05) is 20.3 Å². The molecule has 1 fully saturated rings. The minimum atomic E-state index is -0.213. The topological polar surface area (TPSA) is 97.7 Å². The lowest BCUT2D eigenvalue weighted by molar-refractivity contribution is -0.132. The molecular weight excluding hydrogens is 422 g/mol. The highest BCUT2D eigenvalue weighted by Crippen LogP contribution is 2.26. The summed E-state index contributed by atoms with van der Waals surface area (Å²) in [6.45, 7) is 1.34. The second-order valence-electron chi connectivity index (χ2n) is 8.24. The predicted octanol–water partition coefficient (Wildman–Crippen LogP) is 3.43. The molecule has 4 aromatic rings. The van der Waals surface area contributed by atoms with Crippen LogP contribution in [0, 0.1) is 0 Å². The second kappa shape index (κ2) is 9.07. The van der Waals surface area contributed by atoms with Crippen LogP contribution >= 0.6 is 0 Å². The van der Waals surface area contributed by atoms with E-state index >= 15 is 0 Å². The summed E-state index contributed by atoms with van der Waals surface area (Å²) in [7, 11) is 1.60. The van der Waals surface area contributed by atoms with Gasteiger partial charge in [-0.15, -0.1) is 0 Å². The number of rotatable bonds is 7. The summed E-state index contributed by atoms with van der Waals surface area (Å²) in [5, 5.41) is 1.40. The van der Waals surface area contributed by atoms with Crippen LogP contribution in [0.15, 0.2) is 57.9 Å². The first kappa shape index (κ1) is 21.2. The van der Waals surface area contributed by atoms with Gasteiger partial charge < -0.3 is 23.8 Å². The van der Waals surface area contributed by atoms with E-state index in [1.54, 1.807) is 42.5 Å². The molecule has 5 rings (SSSR count). The van der Waals surface area contributed by atoms with Gasteiger partial charge in [0.2, 0.25) is 5.91 Å². The summed E-state index contributed by atoms with van der Waals surface area (Å²) in [5.41, 5.74) is 1.86. The Hall–Kier alpha value is -3.65. The summed E-state index contributed by atoms with van der Waals surface area (Å²) < 4.78 is 16.7. The Kier molecular flexibility index (Phi) is 5.83. The zero-order chi connectivity index (χ0) is 22.8. The van der Waals surface area contributed by atoms with E-state index in [9.17, 15) is 9.59 Å². The van der Waals surface area contributed by atoms with Crippen molar-refractivity contribution in [2.24, 2.45) is 0 Å². The molecular formula is C25H25N3O5. The van der Waals surface area contributed by atoms with Gasteiger partial charge in [0.15, 0.2) is 0 Å². The van der Waals surface area contributed by atoms with Crippen LogP contribution in [0.2, 0.25) is 0 Å². The van der Waals surface area contributed by atoms with Crippen LogP contribution < -0.4 is 10.3 Å². The number of H-pyrrole nitrogens is 1. The number of hydrogen-bond acceptors (Lipinski definition) is 6. The number of furan rings is 1. The molecule has 8 nitrogen and oxygen atoms in total. The van der Waals surface area contributed by atoms with E-state index in [2.05, 4.69) is 9.97 Å². The number of nitrogens with one attached hydrogen (secondary N) is 1. The smallest absolute Gasteiger partial charge is 0.258 e. The van der Waals surface area contributed by atoms with Gasteiger partial charge in [-0.25, -0.2) is 4.98 Å². The molecule has 2 aromatic carbocycles. The Labute approximate surface area is 190 Å². The van der Waals surface area contributed by atoms with Crippen molar-refractivity contribution in [2.45, 2.75) is 31.9 Å². The van der Waals surface area contributed by atoms with Crippen molar-refractivity contribution < 1.29 is 18.7 Å². The van der Waals surface area contributed by atoms with Crippen molar-refractivity contribution >= 4 is 27.8 Å². The van der Waals surface area contributed by atoms with Crippen molar-refractivity contribution in [3.8, 4) is 5.75 Å². The molecule has 170 valence electrons. The highest BCUT2D eigenvalue weighted by Gasteiger charge is 2.24. The average Bonchev–Trinajstić information content (AvgIpc) is 3.48. The van der Waals surface area contributed by atoms with Crippen LogP contribution in [-0.2, 0) is 22.5 Å². The van der Waals surface area contributed by atoms with E-state index in [-0.39, 0.29) is 30.5 Å². The fourth-order valence-electron chi connectivity index (χ4n) is 4.28. The van der Waals surface area contributed by atoms with E-state index in [0.29, 0.717) is 41.2 Å². The zero-order valence-corrected chi connectivity index (χ0v) is 18.4. The second-order valence-corrected chi connectivity index (χ2v) is 8.24. The molecule has 0 radical (unpaired) electrons. The van der Waals surface area contributed by atoms with Gasteiger partial charge in [-0.3, -0.25) is 9.59 Å². The number of benzene rings is 2. The molecule has 0 spiro atoms. The van der Waals surface area contributed by atoms with Crippen molar-refractivity contribution in [3.05, 3.63) is 70.5 Å². The first-order chi connectivity index (χ1) is 16.1. The summed E-state index contributed by atoms with van der Waals surface area (Å²) in [4.78, 5) is 35.0. The van der Waals surface area contributed by atoms with Crippen molar-refractivity contribution in [3.63, 3.8) is 0 Å². The van der Waals surface area contributed by atoms with Gasteiger partial charge in [0.25, 0.3) is 5.56 Å². The SMILES string of the molecule is COc1ccc2c(CC(=O)N(Cc3nc4ccccc4c(=O)[nH]3)C[C@H]3CCCO3)coc2c1. The number of fused-ring (bicyclic) bond motifs is 2. The van der Waals surface area contributed by atoms with Gasteiger partial charge in [-0.05, 0) is 37.1 Å². The van der Waals surface area contributed by atoms with Crippen LogP contribution in [-0.4, -0.2) is 47.1 Å². The van der Waals surface area contributed by atoms with Crippen LogP contribution in [0.25, 0.3) is 21.9 Å². The third kappa shape index (κ3) is 4.47. The van der Waals surface area contributed by atoms with E-state index in [4.69, 9.17) is 13.9 Å². The highest BCUT2D eigenvalue weighted by molar-refractivity contribution is 5.88. The molecule has 8 heteroatoms. The lowest BCUT2D eigenvalue weighted by Crippen LogP contribution is -2.38. The average molecular weight is 447 g/mol. The first-order valence-corrected chi connectivity index (χ1v) is 11.0. The van der Waals surface area contributed by atoms with Crippen LogP contribution in [0.5, 0.6) is 5.75 Å². The zero-order valence-electron chi connectivity index (χ0n) is 18.4. The number of carbonyl (C=O) groups is 1. The highest BCUT2D eigenvalue weighted by atomic mass is 16.5. The van der Waals surface area contributed by atoms with Crippen molar-refractivity contribution in [1.82, 2.24) is 14.9 Å². The first-order valence-electron chi connectivity index (χ1n) is 11.0. The lowest BCUT2D eigenvalue weighted by atomic mass is 10.1. The minimum absolute atomic E-state index is 0.0218. The van der Waals surface area contributed by atoms with Gasteiger partial charge in [0.05, 0.1) is 43.3 Å². The molecule has 0 unspecified atom stereocenters. The Morgan fingerprint density at radius 2 is 2.12 bits per heavy atom. The maximum absolute atomic E-state index is 13.4. The number of aromatic nitrogens is 2. The fourth-order valence-corrected chi connectivity index (χ4v) is 4.28. The molecule has 1 atom stereocenters. The quantitative estimate of drug-likeness (QED) is 0.466. The van der Waals surface area contributed by atoms with Crippen molar-refractivity contribution in [1.29, 1.82) is 0 Å². The summed E-state index contributed by atoms with van der Waals surface area (Å²) in [5.74, 6) is 1.06. The molecule has 1 N–H and O–H groups in total. The van der Waals surface area contributed by atoms with Crippen LogP contribution in [0.1, 0.15) is 24.2 Å². The normalized spacial score (nSPS) is 15.8. The summed E-state index contributed by atoms with van der Waals surface area (Å²) in [6, 6.07) is 12.7. The van der Waals surface area contributed by atoms with Gasteiger partial charge in [0, 0.05) is 30.2 Å². The molecule has 1 aliphatic heterocycles. The molecule has 1 aliphatic rings. The van der Waals surface area contributed by atoms with Crippen LogP contribution in [0.4, 0.5) is 0 Å². The molecule has 0 bridgehead atoms. The number of aromatic amines is 1. The fraction of sp³-hybridized carbons (Fsp3) is 0.320. The number of carbonyl (C=O) groups excluding carboxylic acids is 1. The molecule has 2 aromatic heterocycles. The number of amides is 1. The van der Waals surface area contributed by atoms with E-state index < -0.39 is 0 Å². The molecule has 0 saturated carbocycles. The van der Waals surface area contributed by atoms with Gasteiger partial charge in [-0.2, -0.15) is 0 Å². The molecule has 0 aliphatic carbocycles. The van der Waals surface area contributed by atoms with Gasteiger partial charge >= 0.3 is 0 Å². The molecule has 3 heterocycles. The number of nitrogens with zero attached hydrogens (tertiary/aromatic N) is 2.